The van der Waals surface area contributed by atoms with Crippen LogP contribution in [0.2, 0.25) is 0 Å². The van der Waals surface area contributed by atoms with E-state index >= 15 is 0 Å². The minimum atomic E-state index is 0.931. The molecular formula is C14H22. The third-order valence-electron chi connectivity index (χ3n) is 3.68. The van der Waals surface area contributed by atoms with E-state index in [9.17, 15) is 0 Å². The Balaban J connectivity index is 1.93. The molecule has 14 heavy (non-hydrogen) atoms. The van der Waals surface area contributed by atoms with E-state index in [1.54, 1.807) is 5.57 Å². The molecule has 0 aromatic heterocycles. The summed E-state index contributed by atoms with van der Waals surface area (Å²) in [6, 6.07) is 0. The zero-order valence-electron chi connectivity index (χ0n) is 9.17. The molecule has 0 nitrogen and oxygen atoms in total. The first-order valence-electron chi connectivity index (χ1n) is 6.32. The molecule has 0 atom stereocenters. The monoisotopic (exact) mass is 190 g/mol. The minimum Gasteiger partial charge on any atom is -0.0842 e. The second-order valence-electron chi connectivity index (χ2n) is 4.75. The van der Waals surface area contributed by atoms with Gasteiger partial charge in [-0.1, -0.05) is 55.9 Å². The molecule has 0 heteroatoms. The van der Waals surface area contributed by atoms with Crippen molar-refractivity contribution in [3.8, 4) is 0 Å². The van der Waals surface area contributed by atoms with Crippen LogP contribution < -0.4 is 0 Å². The zero-order valence-corrected chi connectivity index (χ0v) is 9.17. The summed E-state index contributed by atoms with van der Waals surface area (Å²) >= 11 is 0. The third-order valence-corrected chi connectivity index (χ3v) is 3.68. The molecule has 0 unspecified atom stereocenters. The average Bonchev–Trinajstić information content (AvgIpc) is 2.18. The SMILES string of the molecule is C1=CCCC(C2CCCCCCC2)=C1. The summed E-state index contributed by atoms with van der Waals surface area (Å²) in [7, 11) is 0. The van der Waals surface area contributed by atoms with Gasteiger partial charge in [0.2, 0.25) is 0 Å². The molecule has 2 aliphatic rings. The first-order chi connectivity index (χ1) is 6.97. The first kappa shape index (κ1) is 10.0. The van der Waals surface area contributed by atoms with Crippen molar-refractivity contribution < 1.29 is 0 Å². The van der Waals surface area contributed by atoms with Gasteiger partial charge in [0.25, 0.3) is 0 Å². The Morgan fingerprint density at radius 3 is 2.29 bits per heavy atom. The Morgan fingerprint density at radius 1 is 0.929 bits per heavy atom. The molecule has 0 heterocycles. The van der Waals surface area contributed by atoms with Gasteiger partial charge in [0.1, 0.15) is 0 Å². The maximum Gasteiger partial charge on any atom is -0.0200 e. The molecule has 0 N–H and O–H groups in total. The zero-order chi connectivity index (χ0) is 9.64. The van der Waals surface area contributed by atoms with Gasteiger partial charge in [0.15, 0.2) is 0 Å². The van der Waals surface area contributed by atoms with E-state index in [0.717, 1.165) is 5.92 Å². The molecule has 1 fully saturated rings. The first-order valence-corrected chi connectivity index (χ1v) is 6.32. The van der Waals surface area contributed by atoms with E-state index in [1.165, 1.54) is 57.8 Å². The van der Waals surface area contributed by atoms with E-state index in [2.05, 4.69) is 18.2 Å². The molecule has 0 radical (unpaired) electrons. The Kier molecular flexibility index (Phi) is 3.85. The molecule has 2 rings (SSSR count). The quantitative estimate of drug-likeness (QED) is 0.566. The van der Waals surface area contributed by atoms with Gasteiger partial charge in [-0.15, -0.1) is 0 Å². The van der Waals surface area contributed by atoms with Crippen molar-refractivity contribution in [1.82, 2.24) is 0 Å². The molecular weight excluding hydrogens is 168 g/mol. The average molecular weight is 190 g/mol. The Bertz CT molecular complexity index is 214. The van der Waals surface area contributed by atoms with Crippen LogP contribution >= 0.6 is 0 Å². The summed E-state index contributed by atoms with van der Waals surface area (Å²) < 4.78 is 0. The second kappa shape index (κ2) is 5.38. The Labute approximate surface area is 88.1 Å². The molecule has 0 bridgehead atoms. The number of allylic oxidation sites excluding steroid dienone is 4. The van der Waals surface area contributed by atoms with Crippen LogP contribution in [-0.2, 0) is 0 Å². The van der Waals surface area contributed by atoms with Crippen LogP contribution in [0.15, 0.2) is 23.8 Å². The topological polar surface area (TPSA) is 0 Å². The molecule has 2 aliphatic carbocycles. The lowest BCUT2D eigenvalue weighted by molar-refractivity contribution is 0.412. The van der Waals surface area contributed by atoms with E-state index < -0.39 is 0 Å². The summed E-state index contributed by atoms with van der Waals surface area (Å²) in [5.41, 5.74) is 1.74. The van der Waals surface area contributed by atoms with Gasteiger partial charge >= 0.3 is 0 Å². The molecule has 0 aliphatic heterocycles. The fourth-order valence-electron chi connectivity index (χ4n) is 2.79. The van der Waals surface area contributed by atoms with Crippen molar-refractivity contribution in [2.75, 3.05) is 0 Å². The van der Waals surface area contributed by atoms with Gasteiger partial charge in [-0.05, 0) is 31.6 Å². The lowest BCUT2D eigenvalue weighted by Crippen LogP contribution is -2.08. The van der Waals surface area contributed by atoms with Crippen LogP contribution in [0.4, 0.5) is 0 Å². The highest BCUT2D eigenvalue weighted by Crippen LogP contribution is 2.31. The van der Waals surface area contributed by atoms with Gasteiger partial charge in [0.05, 0.1) is 0 Å². The molecule has 0 spiro atoms. The van der Waals surface area contributed by atoms with Gasteiger partial charge in [-0.25, -0.2) is 0 Å². The molecule has 78 valence electrons. The largest absolute Gasteiger partial charge is 0.0842 e. The van der Waals surface area contributed by atoms with E-state index in [-0.39, 0.29) is 0 Å². The Hall–Kier alpha value is -0.520. The van der Waals surface area contributed by atoms with Gasteiger partial charge < -0.3 is 0 Å². The maximum absolute atomic E-state index is 2.38. The maximum atomic E-state index is 2.38. The van der Waals surface area contributed by atoms with Gasteiger partial charge in [-0.2, -0.15) is 0 Å². The predicted octanol–water partition coefficient (Wildman–Crippen LogP) is 4.62. The van der Waals surface area contributed by atoms with Crippen molar-refractivity contribution in [2.24, 2.45) is 5.92 Å². The summed E-state index contributed by atoms with van der Waals surface area (Å²) in [4.78, 5) is 0. The van der Waals surface area contributed by atoms with Crippen molar-refractivity contribution in [2.45, 2.75) is 57.8 Å². The summed E-state index contributed by atoms with van der Waals surface area (Å²) in [6.07, 6.45) is 19.8. The minimum absolute atomic E-state index is 0.931. The molecule has 1 saturated carbocycles. The molecule has 0 saturated heterocycles. The van der Waals surface area contributed by atoms with E-state index in [0.29, 0.717) is 0 Å². The van der Waals surface area contributed by atoms with Gasteiger partial charge in [0, 0.05) is 0 Å². The summed E-state index contributed by atoms with van der Waals surface area (Å²) in [5.74, 6) is 0.931. The van der Waals surface area contributed by atoms with Crippen LogP contribution in [0.1, 0.15) is 57.8 Å². The highest BCUT2D eigenvalue weighted by molar-refractivity contribution is 5.20. The predicted molar refractivity (Wildman–Crippen MR) is 62.3 cm³/mol. The summed E-state index contributed by atoms with van der Waals surface area (Å²) in [6.45, 7) is 0. The Morgan fingerprint density at radius 2 is 1.64 bits per heavy atom. The molecule has 0 aromatic carbocycles. The fourth-order valence-corrected chi connectivity index (χ4v) is 2.79. The van der Waals surface area contributed by atoms with Crippen LogP contribution in [-0.4, -0.2) is 0 Å². The smallest absolute Gasteiger partial charge is 0.0200 e. The summed E-state index contributed by atoms with van der Waals surface area (Å²) in [5, 5.41) is 0. The normalized spacial score (nSPS) is 25.3. The van der Waals surface area contributed by atoms with Crippen LogP contribution in [0.25, 0.3) is 0 Å². The number of rotatable bonds is 1. The second-order valence-corrected chi connectivity index (χ2v) is 4.75. The van der Waals surface area contributed by atoms with Crippen LogP contribution in [0.3, 0.4) is 0 Å². The third kappa shape index (κ3) is 2.73. The van der Waals surface area contributed by atoms with Crippen LogP contribution in [0, 0.1) is 5.92 Å². The standard InChI is InChI=1S/C14H22/c1-2-5-9-13(10-6-3-1)14-11-7-4-8-12-14/h4,7,11,13H,1-3,5-6,8-10,12H2. The van der Waals surface area contributed by atoms with Crippen molar-refractivity contribution >= 4 is 0 Å². The van der Waals surface area contributed by atoms with Gasteiger partial charge in [-0.3, -0.25) is 0 Å². The highest BCUT2D eigenvalue weighted by atomic mass is 14.2. The number of hydrogen-bond donors (Lipinski definition) is 0. The van der Waals surface area contributed by atoms with E-state index in [4.69, 9.17) is 0 Å². The molecule has 0 amide bonds. The fraction of sp³-hybridized carbons (Fsp3) is 0.714. The van der Waals surface area contributed by atoms with Crippen molar-refractivity contribution in [3.05, 3.63) is 23.8 Å². The number of hydrogen-bond acceptors (Lipinski definition) is 0. The lowest BCUT2D eigenvalue weighted by atomic mass is 9.82. The lowest BCUT2D eigenvalue weighted by Gasteiger charge is -2.23. The van der Waals surface area contributed by atoms with Crippen molar-refractivity contribution in [3.63, 3.8) is 0 Å². The van der Waals surface area contributed by atoms with E-state index in [1.807, 2.05) is 0 Å². The van der Waals surface area contributed by atoms with Crippen LogP contribution in [0.5, 0.6) is 0 Å². The highest BCUT2D eigenvalue weighted by Gasteiger charge is 2.15. The molecule has 0 aromatic rings. The van der Waals surface area contributed by atoms with Crippen molar-refractivity contribution in [1.29, 1.82) is 0 Å².